The number of para-hydroxylation sites is 2. The molecule has 0 bridgehead atoms. The third-order valence-corrected chi connectivity index (χ3v) is 6.57. The van der Waals surface area contributed by atoms with E-state index in [1.165, 1.54) is 44.0 Å². The van der Waals surface area contributed by atoms with Crippen LogP contribution in [-0.2, 0) is 24.2 Å². The van der Waals surface area contributed by atoms with Crippen LogP contribution >= 0.6 is 11.6 Å². The molecule has 0 aliphatic heterocycles. The molecule has 1 aliphatic carbocycles. The maximum atomic E-state index is 12.3. The van der Waals surface area contributed by atoms with Crippen molar-refractivity contribution in [1.29, 1.82) is 0 Å². The van der Waals surface area contributed by atoms with Crippen molar-refractivity contribution in [3.8, 4) is 0 Å². The second-order valence-corrected chi connectivity index (χ2v) is 8.74. The maximum absolute atomic E-state index is 12.3. The van der Waals surface area contributed by atoms with Crippen LogP contribution in [0.3, 0.4) is 0 Å². The number of nitrogens with one attached hydrogen (secondary N) is 1. The number of halogens is 1. The number of carbonyl (C=O) groups is 1. The van der Waals surface area contributed by atoms with Gasteiger partial charge < -0.3 is 9.88 Å². The van der Waals surface area contributed by atoms with Crippen LogP contribution < -0.4 is 5.32 Å². The van der Waals surface area contributed by atoms with Crippen LogP contribution in [-0.4, -0.2) is 22.0 Å². The van der Waals surface area contributed by atoms with E-state index in [9.17, 15) is 4.79 Å². The fourth-order valence-corrected chi connectivity index (χ4v) is 4.75. The Morgan fingerprint density at radius 1 is 1.07 bits per heavy atom. The first-order valence-corrected chi connectivity index (χ1v) is 11.5. The van der Waals surface area contributed by atoms with Crippen LogP contribution in [0.5, 0.6) is 0 Å². The van der Waals surface area contributed by atoms with Gasteiger partial charge in [-0.1, -0.05) is 74.0 Å². The minimum Gasteiger partial charge on any atom is -0.355 e. The Morgan fingerprint density at radius 3 is 2.67 bits per heavy atom. The molecule has 1 amide bonds. The molecule has 1 saturated carbocycles. The highest BCUT2D eigenvalue weighted by Gasteiger charge is 2.16. The second-order valence-electron chi connectivity index (χ2n) is 8.33. The average Bonchev–Trinajstić information content (AvgIpc) is 3.12. The SMILES string of the molecule is O=C(Cc1ccccc1Cl)NCCc1nc2ccccc2n1CCC1CCCCC1. The molecule has 0 saturated heterocycles. The van der Waals surface area contributed by atoms with Crippen LogP contribution in [0.25, 0.3) is 11.0 Å². The van der Waals surface area contributed by atoms with E-state index in [2.05, 4.69) is 28.1 Å². The van der Waals surface area contributed by atoms with Crippen molar-refractivity contribution in [2.45, 2.75) is 57.9 Å². The smallest absolute Gasteiger partial charge is 0.224 e. The topological polar surface area (TPSA) is 46.9 Å². The lowest BCUT2D eigenvalue weighted by molar-refractivity contribution is -0.120. The zero-order chi connectivity index (χ0) is 20.8. The zero-order valence-electron chi connectivity index (χ0n) is 17.4. The summed E-state index contributed by atoms with van der Waals surface area (Å²) in [5, 5.41) is 3.67. The number of hydrogen-bond acceptors (Lipinski definition) is 2. The summed E-state index contributed by atoms with van der Waals surface area (Å²) in [5.74, 6) is 1.89. The van der Waals surface area contributed by atoms with Gasteiger partial charge in [-0.15, -0.1) is 0 Å². The zero-order valence-corrected chi connectivity index (χ0v) is 18.2. The van der Waals surface area contributed by atoms with Gasteiger partial charge in [-0.3, -0.25) is 4.79 Å². The van der Waals surface area contributed by atoms with E-state index in [4.69, 9.17) is 16.6 Å². The number of aromatic nitrogens is 2. The van der Waals surface area contributed by atoms with E-state index < -0.39 is 0 Å². The maximum Gasteiger partial charge on any atom is 0.224 e. The summed E-state index contributed by atoms with van der Waals surface area (Å²) >= 11 is 6.17. The number of benzene rings is 2. The monoisotopic (exact) mass is 423 g/mol. The van der Waals surface area contributed by atoms with Crippen LogP contribution in [0.1, 0.15) is 49.9 Å². The quantitative estimate of drug-likeness (QED) is 0.515. The molecule has 158 valence electrons. The molecular weight excluding hydrogens is 394 g/mol. The highest BCUT2D eigenvalue weighted by Crippen LogP contribution is 2.28. The van der Waals surface area contributed by atoms with Gasteiger partial charge in [0, 0.05) is 24.5 Å². The summed E-state index contributed by atoms with van der Waals surface area (Å²) in [5.41, 5.74) is 3.10. The van der Waals surface area contributed by atoms with Crippen molar-refractivity contribution in [2.24, 2.45) is 5.92 Å². The molecular formula is C25H30ClN3O. The van der Waals surface area contributed by atoms with Gasteiger partial charge in [0.2, 0.25) is 5.91 Å². The molecule has 5 heteroatoms. The highest BCUT2D eigenvalue weighted by molar-refractivity contribution is 6.31. The van der Waals surface area contributed by atoms with E-state index in [1.807, 2.05) is 30.3 Å². The van der Waals surface area contributed by atoms with Crippen molar-refractivity contribution >= 4 is 28.5 Å². The fourth-order valence-electron chi connectivity index (χ4n) is 4.54. The molecule has 0 unspecified atom stereocenters. The van der Waals surface area contributed by atoms with E-state index in [0.717, 1.165) is 35.8 Å². The molecule has 2 aromatic carbocycles. The van der Waals surface area contributed by atoms with Gasteiger partial charge in [-0.25, -0.2) is 4.98 Å². The predicted molar refractivity (Wildman–Crippen MR) is 123 cm³/mol. The van der Waals surface area contributed by atoms with Gasteiger partial charge in [0.1, 0.15) is 5.82 Å². The summed E-state index contributed by atoms with van der Waals surface area (Å²) < 4.78 is 2.37. The molecule has 30 heavy (non-hydrogen) atoms. The number of nitrogens with zero attached hydrogens (tertiary/aromatic N) is 2. The minimum atomic E-state index is -0.00651. The first-order chi connectivity index (χ1) is 14.7. The first kappa shape index (κ1) is 20.9. The molecule has 0 atom stereocenters. The number of rotatable bonds is 8. The molecule has 0 spiro atoms. The van der Waals surface area contributed by atoms with Gasteiger partial charge in [0.25, 0.3) is 0 Å². The van der Waals surface area contributed by atoms with E-state index in [0.29, 0.717) is 18.0 Å². The molecule has 1 N–H and O–H groups in total. The van der Waals surface area contributed by atoms with E-state index >= 15 is 0 Å². The predicted octanol–water partition coefficient (Wildman–Crippen LogP) is 5.56. The van der Waals surface area contributed by atoms with Gasteiger partial charge in [0.15, 0.2) is 0 Å². The van der Waals surface area contributed by atoms with Crippen molar-refractivity contribution in [3.63, 3.8) is 0 Å². The number of carbonyl (C=O) groups excluding carboxylic acids is 1. The van der Waals surface area contributed by atoms with Crippen LogP contribution in [0.2, 0.25) is 5.02 Å². The molecule has 1 heterocycles. The molecule has 1 fully saturated rings. The minimum absolute atomic E-state index is 0.00651. The number of amides is 1. The lowest BCUT2D eigenvalue weighted by Crippen LogP contribution is -2.28. The normalized spacial score (nSPS) is 14.8. The highest BCUT2D eigenvalue weighted by atomic mass is 35.5. The van der Waals surface area contributed by atoms with Crippen molar-refractivity contribution in [2.75, 3.05) is 6.54 Å². The van der Waals surface area contributed by atoms with E-state index in [1.54, 1.807) is 0 Å². The standard InChI is InChI=1S/C25H30ClN3O/c26-21-11-5-4-10-20(21)18-25(30)27-16-14-24-28-22-12-6-7-13-23(22)29(24)17-15-19-8-2-1-3-9-19/h4-7,10-13,19H,1-3,8-9,14-18H2,(H,27,30). The van der Waals surface area contributed by atoms with Gasteiger partial charge >= 0.3 is 0 Å². The molecule has 4 nitrogen and oxygen atoms in total. The molecule has 1 aliphatic rings. The van der Waals surface area contributed by atoms with Crippen molar-refractivity contribution in [3.05, 3.63) is 64.9 Å². The lowest BCUT2D eigenvalue weighted by atomic mass is 9.87. The van der Waals surface area contributed by atoms with Crippen LogP contribution in [0, 0.1) is 5.92 Å². The third kappa shape index (κ3) is 5.23. The number of aryl methyl sites for hydroxylation is 1. The summed E-state index contributed by atoms with van der Waals surface area (Å²) in [6, 6.07) is 15.8. The molecule has 3 aromatic rings. The molecule has 1 aromatic heterocycles. The second kappa shape index (κ2) is 10.1. The van der Waals surface area contributed by atoms with Crippen molar-refractivity contribution < 1.29 is 4.79 Å². The Labute approximate surface area is 183 Å². The first-order valence-electron chi connectivity index (χ1n) is 11.1. The lowest BCUT2D eigenvalue weighted by Gasteiger charge is -2.22. The summed E-state index contributed by atoms with van der Waals surface area (Å²) in [4.78, 5) is 17.2. The molecule has 4 rings (SSSR count). The summed E-state index contributed by atoms with van der Waals surface area (Å²) in [6.07, 6.45) is 9.11. The van der Waals surface area contributed by atoms with Gasteiger partial charge in [0.05, 0.1) is 17.5 Å². The average molecular weight is 424 g/mol. The summed E-state index contributed by atoms with van der Waals surface area (Å²) in [7, 11) is 0. The largest absolute Gasteiger partial charge is 0.355 e. The number of imidazole rings is 1. The van der Waals surface area contributed by atoms with Crippen LogP contribution in [0.4, 0.5) is 0 Å². The van der Waals surface area contributed by atoms with Crippen LogP contribution in [0.15, 0.2) is 48.5 Å². The van der Waals surface area contributed by atoms with Crippen molar-refractivity contribution in [1.82, 2.24) is 14.9 Å². The van der Waals surface area contributed by atoms with Gasteiger partial charge in [-0.05, 0) is 36.1 Å². The summed E-state index contributed by atoms with van der Waals surface area (Å²) in [6.45, 7) is 1.59. The number of fused-ring (bicyclic) bond motifs is 1. The third-order valence-electron chi connectivity index (χ3n) is 6.20. The fraction of sp³-hybridized carbons (Fsp3) is 0.440. The Bertz CT molecular complexity index is 991. The molecule has 0 radical (unpaired) electrons. The Balaban J connectivity index is 1.38. The van der Waals surface area contributed by atoms with Gasteiger partial charge in [-0.2, -0.15) is 0 Å². The van der Waals surface area contributed by atoms with E-state index in [-0.39, 0.29) is 5.91 Å². The Kier molecular flexibility index (Phi) is 7.06. The Hall–Kier alpha value is -2.33. The number of hydrogen-bond donors (Lipinski definition) is 1. The Morgan fingerprint density at radius 2 is 1.83 bits per heavy atom.